The van der Waals surface area contributed by atoms with Gasteiger partial charge in [0.25, 0.3) is 0 Å². The van der Waals surface area contributed by atoms with Crippen molar-refractivity contribution in [3.05, 3.63) is 35.6 Å². The summed E-state index contributed by atoms with van der Waals surface area (Å²) in [6.07, 6.45) is -1.00. The van der Waals surface area contributed by atoms with Crippen molar-refractivity contribution in [1.29, 1.82) is 0 Å². The third-order valence-corrected chi connectivity index (χ3v) is 2.22. The summed E-state index contributed by atoms with van der Waals surface area (Å²) in [7, 11) is 0. The Morgan fingerprint density at radius 1 is 1.39 bits per heavy atom. The molecular weight excluding hydrogens is 241 g/mol. The molecule has 1 aromatic rings. The molecule has 18 heavy (non-hydrogen) atoms. The van der Waals surface area contributed by atoms with Crippen LogP contribution < -0.4 is 5.32 Å². The van der Waals surface area contributed by atoms with E-state index in [2.05, 4.69) is 10.1 Å². The summed E-state index contributed by atoms with van der Waals surface area (Å²) < 4.78 is 17.4. The second-order valence-electron chi connectivity index (χ2n) is 3.57. The predicted molar refractivity (Wildman–Crippen MR) is 61.6 cm³/mol. The van der Waals surface area contributed by atoms with Gasteiger partial charge in [-0.25, -0.2) is 9.18 Å². The molecule has 0 saturated carbocycles. The number of alkyl carbamates (subject to hydrolysis) is 1. The molecule has 5 nitrogen and oxygen atoms in total. The Balaban J connectivity index is 2.80. The van der Waals surface area contributed by atoms with E-state index in [1.807, 2.05) is 0 Å². The van der Waals surface area contributed by atoms with Gasteiger partial charge in [0.15, 0.2) is 0 Å². The van der Waals surface area contributed by atoms with E-state index in [0.29, 0.717) is 5.56 Å². The number of carbonyl (C=O) groups excluding carboxylic acids is 1. The molecule has 0 bridgehead atoms. The number of rotatable bonds is 5. The Morgan fingerprint density at radius 3 is 2.50 bits per heavy atom. The van der Waals surface area contributed by atoms with Gasteiger partial charge in [-0.05, 0) is 24.6 Å². The van der Waals surface area contributed by atoms with Crippen molar-refractivity contribution < 1.29 is 23.8 Å². The maximum Gasteiger partial charge on any atom is 0.407 e. The molecule has 1 atom stereocenters. The number of carboxylic acid groups (broad SMARTS) is 1. The summed E-state index contributed by atoms with van der Waals surface area (Å²) in [5.74, 6) is -1.50. The van der Waals surface area contributed by atoms with Crippen LogP contribution in [-0.2, 0) is 9.53 Å². The summed E-state index contributed by atoms with van der Waals surface area (Å²) in [5, 5.41) is 11.2. The lowest BCUT2D eigenvalue weighted by molar-refractivity contribution is -0.137. The van der Waals surface area contributed by atoms with Gasteiger partial charge in [0.2, 0.25) is 0 Å². The van der Waals surface area contributed by atoms with Gasteiger partial charge in [0.05, 0.1) is 19.1 Å². The third kappa shape index (κ3) is 4.40. The zero-order chi connectivity index (χ0) is 13.5. The highest BCUT2D eigenvalue weighted by molar-refractivity contribution is 5.71. The number of hydrogen-bond acceptors (Lipinski definition) is 3. The molecule has 0 unspecified atom stereocenters. The number of carboxylic acids is 1. The lowest BCUT2D eigenvalue weighted by Gasteiger charge is -2.16. The van der Waals surface area contributed by atoms with Crippen LogP contribution in [0.2, 0.25) is 0 Å². The van der Waals surface area contributed by atoms with Crippen LogP contribution in [0.3, 0.4) is 0 Å². The summed E-state index contributed by atoms with van der Waals surface area (Å²) in [4.78, 5) is 22.0. The summed E-state index contributed by atoms with van der Waals surface area (Å²) in [6, 6.07) is 4.51. The fourth-order valence-corrected chi connectivity index (χ4v) is 1.44. The second kappa shape index (κ2) is 6.58. The van der Waals surface area contributed by atoms with Crippen molar-refractivity contribution in [3.8, 4) is 0 Å². The largest absolute Gasteiger partial charge is 0.481 e. The van der Waals surface area contributed by atoms with E-state index in [4.69, 9.17) is 5.11 Å². The summed E-state index contributed by atoms with van der Waals surface area (Å²) in [6.45, 7) is 1.83. The number of ether oxygens (including phenoxy) is 1. The molecule has 0 radical (unpaired) electrons. The molecule has 0 saturated heterocycles. The maximum absolute atomic E-state index is 12.8. The SMILES string of the molecule is CCOC(=O)N[C@@H](CC(=O)O)c1ccc(F)cc1. The van der Waals surface area contributed by atoms with Gasteiger partial charge in [-0.1, -0.05) is 12.1 Å². The molecule has 1 rings (SSSR count). The van der Waals surface area contributed by atoms with E-state index in [1.165, 1.54) is 24.3 Å². The zero-order valence-corrected chi connectivity index (χ0v) is 9.85. The molecule has 6 heteroatoms. The first-order valence-electron chi connectivity index (χ1n) is 5.43. The highest BCUT2D eigenvalue weighted by atomic mass is 19.1. The van der Waals surface area contributed by atoms with E-state index < -0.39 is 23.9 Å². The molecule has 0 aliphatic rings. The van der Waals surface area contributed by atoms with Crippen molar-refractivity contribution in [2.75, 3.05) is 6.61 Å². The first-order chi connectivity index (χ1) is 8.52. The highest BCUT2D eigenvalue weighted by Gasteiger charge is 2.18. The molecule has 1 amide bonds. The predicted octanol–water partition coefficient (Wildman–Crippen LogP) is 2.09. The molecule has 0 aliphatic heterocycles. The van der Waals surface area contributed by atoms with Crippen molar-refractivity contribution in [2.45, 2.75) is 19.4 Å². The standard InChI is InChI=1S/C12H14FNO4/c1-2-18-12(17)14-10(7-11(15)16)8-3-5-9(13)6-4-8/h3-6,10H,2,7H2,1H3,(H,14,17)(H,15,16)/t10-/m0/s1. The van der Waals surface area contributed by atoms with Gasteiger partial charge in [-0.15, -0.1) is 0 Å². The first-order valence-corrected chi connectivity index (χ1v) is 5.43. The molecule has 0 spiro atoms. The Hall–Kier alpha value is -2.11. The van der Waals surface area contributed by atoms with Gasteiger partial charge < -0.3 is 15.2 Å². The van der Waals surface area contributed by atoms with E-state index in [0.717, 1.165) is 0 Å². The Bertz CT molecular complexity index is 419. The third-order valence-electron chi connectivity index (χ3n) is 2.22. The van der Waals surface area contributed by atoms with Gasteiger partial charge in [0, 0.05) is 0 Å². The van der Waals surface area contributed by atoms with Crippen LogP contribution in [0.1, 0.15) is 24.9 Å². The van der Waals surface area contributed by atoms with E-state index in [-0.39, 0.29) is 13.0 Å². The molecule has 1 aromatic carbocycles. The number of carbonyl (C=O) groups is 2. The number of amides is 1. The van der Waals surface area contributed by atoms with Crippen LogP contribution in [0.25, 0.3) is 0 Å². The minimum Gasteiger partial charge on any atom is -0.481 e. The van der Waals surface area contributed by atoms with Crippen molar-refractivity contribution >= 4 is 12.1 Å². The van der Waals surface area contributed by atoms with Crippen LogP contribution in [0.15, 0.2) is 24.3 Å². The molecule has 98 valence electrons. The van der Waals surface area contributed by atoms with Crippen LogP contribution in [0.4, 0.5) is 9.18 Å². The highest BCUT2D eigenvalue weighted by Crippen LogP contribution is 2.17. The van der Waals surface area contributed by atoms with Crippen molar-refractivity contribution in [1.82, 2.24) is 5.32 Å². The van der Waals surface area contributed by atoms with Gasteiger partial charge in [-0.3, -0.25) is 4.79 Å². The van der Waals surface area contributed by atoms with Crippen molar-refractivity contribution in [3.63, 3.8) is 0 Å². The quantitative estimate of drug-likeness (QED) is 0.844. The van der Waals surface area contributed by atoms with Gasteiger partial charge in [0.1, 0.15) is 5.82 Å². The number of nitrogens with one attached hydrogen (secondary N) is 1. The lowest BCUT2D eigenvalue weighted by Crippen LogP contribution is -2.30. The minimum absolute atomic E-state index is 0.190. The number of benzene rings is 1. The molecular formula is C12H14FNO4. The van der Waals surface area contributed by atoms with Gasteiger partial charge in [-0.2, -0.15) is 0 Å². The summed E-state index contributed by atoms with van der Waals surface area (Å²) in [5.41, 5.74) is 0.506. The van der Waals surface area contributed by atoms with Crippen LogP contribution in [-0.4, -0.2) is 23.8 Å². The fraction of sp³-hybridized carbons (Fsp3) is 0.333. The number of halogens is 1. The van der Waals surface area contributed by atoms with E-state index in [9.17, 15) is 14.0 Å². The minimum atomic E-state index is -1.07. The molecule has 0 aliphatic carbocycles. The monoisotopic (exact) mass is 255 g/mol. The topological polar surface area (TPSA) is 75.6 Å². The molecule has 0 heterocycles. The van der Waals surface area contributed by atoms with Crippen LogP contribution >= 0.6 is 0 Å². The Kier molecular flexibility index (Phi) is 5.10. The number of aliphatic carboxylic acids is 1. The summed E-state index contributed by atoms with van der Waals surface area (Å²) >= 11 is 0. The second-order valence-corrected chi connectivity index (χ2v) is 3.57. The maximum atomic E-state index is 12.8. The molecule has 0 aromatic heterocycles. The normalized spacial score (nSPS) is 11.7. The Morgan fingerprint density at radius 2 is 2.00 bits per heavy atom. The zero-order valence-electron chi connectivity index (χ0n) is 9.85. The van der Waals surface area contributed by atoms with Crippen molar-refractivity contribution in [2.24, 2.45) is 0 Å². The molecule has 2 N–H and O–H groups in total. The lowest BCUT2D eigenvalue weighted by atomic mass is 10.0. The Labute approximate surface area is 104 Å². The number of hydrogen-bond donors (Lipinski definition) is 2. The van der Waals surface area contributed by atoms with Crippen LogP contribution in [0, 0.1) is 5.82 Å². The van der Waals surface area contributed by atoms with E-state index in [1.54, 1.807) is 6.92 Å². The fourth-order valence-electron chi connectivity index (χ4n) is 1.44. The van der Waals surface area contributed by atoms with E-state index >= 15 is 0 Å². The average Bonchev–Trinajstić information content (AvgIpc) is 2.28. The average molecular weight is 255 g/mol. The smallest absolute Gasteiger partial charge is 0.407 e. The van der Waals surface area contributed by atoms with Crippen LogP contribution in [0.5, 0.6) is 0 Å². The first kappa shape index (κ1) is 14.0. The van der Waals surface area contributed by atoms with Gasteiger partial charge >= 0.3 is 12.1 Å². The molecule has 0 fully saturated rings.